The quantitative estimate of drug-likeness (QED) is 0.545. The number of hydrogen-bond acceptors (Lipinski definition) is 0. The van der Waals surface area contributed by atoms with E-state index in [9.17, 15) is 0 Å². The first-order valence-electron chi connectivity index (χ1n) is 2.01. The van der Waals surface area contributed by atoms with Gasteiger partial charge in [0.1, 0.15) is 0 Å². The largest absolute Gasteiger partial charge is 0.0872 e. The van der Waals surface area contributed by atoms with Crippen molar-refractivity contribution in [2.45, 2.75) is 6.42 Å². The molecule has 0 atom stereocenters. The van der Waals surface area contributed by atoms with Gasteiger partial charge < -0.3 is 0 Å². The van der Waals surface area contributed by atoms with Crippen molar-refractivity contribution in [1.82, 2.24) is 0 Å². The van der Waals surface area contributed by atoms with E-state index in [0.29, 0.717) is 5.03 Å². The van der Waals surface area contributed by atoms with Crippen molar-refractivity contribution in [1.29, 1.82) is 0 Å². The molecule has 0 bridgehead atoms. The molecular weight excluding hydrogens is 182 g/mol. The Bertz CT molecular complexity index is 137. The van der Waals surface area contributed by atoms with Crippen LogP contribution in [0.4, 0.5) is 0 Å². The molecule has 3 heteroatoms. The van der Waals surface area contributed by atoms with Gasteiger partial charge in [-0.2, -0.15) is 0 Å². The van der Waals surface area contributed by atoms with Gasteiger partial charge in [0.15, 0.2) is 0 Å². The normalized spacial score (nSPS) is 16.8. The van der Waals surface area contributed by atoms with Crippen LogP contribution in [0, 0.1) is 0 Å². The fourth-order valence-corrected chi connectivity index (χ4v) is 0.772. The minimum absolute atomic E-state index is 0. The van der Waals surface area contributed by atoms with Crippen molar-refractivity contribution in [3.05, 3.63) is 22.2 Å². The fraction of sp³-hybridized carbons (Fsp3) is 0.200. The van der Waals surface area contributed by atoms with E-state index < -0.39 is 0 Å². The van der Waals surface area contributed by atoms with Crippen molar-refractivity contribution in [2.75, 3.05) is 0 Å². The Morgan fingerprint density at radius 1 is 1.38 bits per heavy atom. The van der Waals surface area contributed by atoms with Crippen LogP contribution in [0.5, 0.6) is 0 Å². The van der Waals surface area contributed by atoms with Crippen LogP contribution in [0.3, 0.4) is 0 Å². The molecular formula is C5H4Cl2V. The van der Waals surface area contributed by atoms with Gasteiger partial charge >= 0.3 is 0 Å². The first-order valence-corrected chi connectivity index (χ1v) is 2.77. The molecule has 0 aromatic heterocycles. The van der Waals surface area contributed by atoms with Crippen LogP contribution < -0.4 is 0 Å². The Morgan fingerprint density at radius 2 is 2.00 bits per heavy atom. The SMILES string of the molecule is ClC1=C(Cl)CC=C1.[V]. The van der Waals surface area contributed by atoms with Gasteiger partial charge in [-0.1, -0.05) is 29.3 Å². The zero-order chi connectivity index (χ0) is 5.28. The summed E-state index contributed by atoms with van der Waals surface area (Å²) in [5, 5.41) is 1.43. The molecule has 0 nitrogen and oxygen atoms in total. The van der Waals surface area contributed by atoms with Crippen LogP contribution in [0.2, 0.25) is 0 Å². The third kappa shape index (κ3) is 1.87. The second-order valence-corrected chi connectivity index (χ2v) is 2.22. The van der Waals surface area contributed by atoms with Crippen molar-refractivity contribution >= 4 is 23.2 Å². The second kappa shape index (κ2) is 3.63. The summed E-state index contributed by atoms with van der Waals surface area (Å²) in [6, 6.07) is 0. The van der Waals surface area contributed by atoms with Crippen molar-refractivity contribution in [2.24, 2.45) is 0 Å². The topological polar surface area (TPSA) is 0 Å². The third-order valence-corrected chi connectivity index (χ3v) is 1.63. The predicted molar refractivity (Wildman–Crippen MR) is 32.5 cm³/mol. The van der Waals surface area contributed by atoms with Crippen molar-refractivity contribution in [3.8, 4) is 0 Å². The number of halogens is 2. The standard InChI is InChI=1S/C5H4Cl2.V/c6-4-2-1-3-5(4)7;/h1-2H,3H2;. The van der Waals surface area contributed by atoms with Crippen molar-refractivity contribution in [3.63, 3.8) is 0 Å². The molecule has 1 radical (unpaired) electrons. The molecule has 0 saturated heterocycles. The van der Waals surface area contributed by atoms with E-state index in [1.807, 2.05) is 12.2 Å². The molecule has 8 heavy (non-hydrogen) atoms. The van der Waals surface area contributed by atoms with Gasteiger partial charge in [0.2, 0.25) is 0 Å². The summed E-state index contributed by atoms with van der Waals surface area (Å²) < 4.78 is 0. The Balaban J connectivity index is 0.000000490. The maximum atomic E-state index is 5.55. The van der Waals surface area contributed by atoms with E-state index in [1.54, 1.807) is 0 Å². The molecule has 0 aromatic rings. The molecule has 0 aromatic carbocycles. The molecule has 1 rings (SSSR count). The summed E-state index contributed by atoms with van der Waals surface area (Å²) in [7, 11) is 0. The van der Waals surface area contributed by atoms with Gasteiger partial charge in [0.25, 0.3) is 0 Å². The summed E-state index contributed by atoms with van der Waals surface area (Å²) in [6.45, 7) is 0. The minimum Gasteiger partial charge on any atom is -0.0872 e. The molecule has 0 N–H and O–H groups in total. The minimum atomic E-state index is 0. The number of rotatable bonds is 0. The molecule has 0 unspecified atom stereocenters. The molecule has 1 aliphatic carbocycles. The van der Waals surface area contributed by atoms with Gasteiger partial charge in [-0.15, -0.1) is 0 Å². The molecule has 0 amide bonds. The Morgan fingerprint density at radius 3 is 2.12 bits per heavy atom. The summed E-state index contributed by atoms with van der Waals surface area (Å²) in [4.78, 5) is 0. The van der Waals surface area contributed by atoms with Gasteiger partial charge in [0.05, 0.1) is 5.03 Å². The average Bonchev–Trinajstić information content (AvgIpc) is 1.91. The summed E-state index contributed by atoms with van der Waals surface area (Å²) >= 11 is 11.1. The first-order chi connectivity index (χ1) is 3.30. The van der Waals surface area contributed by atoms with E-state index >= 15 is 0 Å². The molecule has 0 spiro atoms. The van der Waals surface area contributed by atoms with Crippen LogP contribution in [0.25, 0.3) is 0 Å². The summed E-state index contributed by atoms with van der Waals surface area (Å²) in [6.07, 6.45) is 4.55. The van der Waals surface area contributed by atoms with E-state index in [0.717, 1.165) is 11.5 Å². The van der Waals surface area contributed by atoms with Crippen LogP contribution in [0.15, 0.2) is 22.2 Å². The third-order valence-electron chi connectivity index (χ3n) is 0.820. The Hall–Kier alpha value is 0.644. The predicted octanol–water partition coefficient (Wildman–Crippen LogP) is 2.63. The van der Waals surface area contributed by atoms with E-state index in [1.165, 1.54) is 0 Å². The smallest absolute Gasteiger partial charge is 0.0551 e. The molecule has 0 heterocycles. The molecule has 0 saturated carbocycles. The average molecular weight is 186 g/mol. The first kappa shape index (κ1) is 8.64. The molecule has 0 aliphatic heterocycles. The molecule has 1 aliphatic rings. The van der Waals surface area contributed by atoms with Crippen LogP contribution in [0.1, 0.15) is 6.42 Å². The maximum Gasteiger partial charge on any atom is 0.0551 e. The van der Waals surface area contributed by atoms with E-state index in [4.69, 9.17) is 23.2 Å². The summed E-state index contributed by atoms with van der Waals surface area (Å²) in [5.74, 6) is 0. The van der Waals surface area contributed by atoms with Crippen LogP contribution >= 0.6 is 23.2 Å². The monoisotopic (exact) mass is 185 g/mol. The second-order valence-electron chi connectivity index (χ2n) is 1.36. The zero-order valence-electron chi connectivity index (χ0n) is 4.06. The maximum absolute atomic E-state index is 5.55. The van der Waals surface area contributed by atoms with Crippen LogP contribution in [-0.4, -0.2) is 0 Å². The summed E-state index contributed by atoms with van der Waals surface area (Å²) in [5.41, 5.74) is 0. The van der Waals surface area contributed by atoms with Crippen LogP contribution in [-0.2, 0) is 18.6 Å². The fourth-order valence-electron chi connectivity index (χ4n) is 0.454. The van der Waals surface area contributed by atoms with Gasteiger partial charge in [-0.3, -0.25) is 0 Å². The Kier molecular flexibility index (Phi) is 3.92. The molecule has 0 fully saturated rings. The van der Waals surface area contributed by atoms with Gasteiger partial charge in [-0.25, -0.2) is 0 Å². The van der Waals surface area contributed by atoms with E-state index in [2.05, 4.69) is 0 Å². The van der Waals surface area contributed by atoms with Gasteiger partial charge in [-0.05, 0) is 6.08 Å². The number of hydrogen-bond donors (Lipinski definition) is 0. The van der Waals surface area contributed by atoms with E-state index in [-0.39, 0.29) is 18.6 Å². The number of allylic oxidation sites excluding steroid dienone is 4. The Labute approximate surface area is 70.4 Å². The van der Waals surface area contributed by atoms with Crippen molar-refractivity contribution < 1.29 is 18.6 Å². The molecule has 43 valence electrons. The van der Waals surface area contributed by atoms with Gasteiger partial charge in [0, 0.05) is 30.0 Å². The zero-order valence-corrected chi connectivity index (χ0v) is 6.97.